The minimum absolute atomic E-state index is 0.255. The Labute approximate surface area is 147 Å². The van der Waals surface area contributed by atoms with Crippen LogP contribution in [-0.2, 0) is 16.0 Å². The van der Waals surface area contributed by atoms with Gasteiger partial charge in [-0.2, -0.15) is 0 Å². The highest BCUT2D eigenvalue weighted by Crippen LogP contribution is 2.40. The van der Waals surface area contributed by atoms with Crippen LogP contribution in [-0.4, -0.2) is 54.6 Å². The Hall–Kier alpha value is -0.720. The number of benzene rings is 1. The molecule has 1 spiro atoms. The number of halogens is 2. The summed E-state index contributed by atoms with van der Waals surface area (Å²) in [7, 11) is 1.62. The van der Waals surface area contributed by atoms with E-state index in [1.54, 1.807) is 13.2 Å². The Morgan fingerprint density at radius 3 is 2.75 bits per heavy atom. The van der Waals surface area contributed by atoms with Crippen LogP contribution in [0.5, 0.6) is 0 Å². The molecule has 1 atom stereocenters. The van der Waals surface area contributed by atoms with Gasteiger partial charge >= 0.3 is 0 Å². The Morgan fingerprint density at radius 1 is 1.33 bits per heavy atom. The highest BCUT2D eigenvalue weighted by atomic mass is 35.5. The minimum Gasteiger partial charge on any atom is -0.387 e. The average Bonchev–Trinajstić information content (AvgIpc) is 2.52. The average molecular weight is 358 g/mol. The van der Waals surface area contributed by atoms with E-state index >= 15 is 0 Å². The molecule has 0 aromatic heterocycles. The molecule has 3 rings (SSSR count). The van der Waals surface area contributed by atoms with Crippen molar-refractivity contribution in [3.8, 4) is 0 Å². The van der Waals surface area contributed by atoms with Crippen LogP contribution >= 0.6 is 11.6 Å². The van der Waals surface area contributed by atoms with Crippen LogP contribution in [0, 0.1) is 5.82 Å². The summed E-state index contributed by atoms with van der Waals surface area (Å²) in [5.41, 5.74) is -0.0983. The lowest BCUT2D eigenvalue weighted by Gasteiger charge is -2.49. The number of hydrogen-bond acceptors (Lipinski definition) is 4. The van der Waals surface area contributed by atoms with Crippen molar-refractivity contribution in [2.75, 3.05) is 33.4 Å². The molecule has 0 radical (unpaired) electrons. The van der Waals surface area contributed by atoms with Gasteiger partial charge in [0.2, 0.25) is 0 Å². The molecule has 1 N–H and O–H groups in total. The van der Waals surface area contributed by atoms with E-state index in [1.165, 1.54) is 12.1 Å². The highest BCUT2D eigenvalue weighted by molar-refractivity contribution is 6.31. The SMILES string of the molecule is COCC1(O)CCOC2(CCN(Cc3ccc(F)cc3Cl)CC2)C1. The number of ether oxygens (including phenoxy) is 2. The summed E-state index contributed by atoms with van der Waals surface area (Å²) in [6.07, 6.45) is 2.99. The molecule has 2 aliphatic heterocycles. The third kappa shape index (κ3) is 4.09. The van der Waals surface area contributed by atoms with E-state index < -0.39 is 5.60 Å². The molecule has 134 valence electrons. The Kier molecular flexibility index (Phi) is 5.47. The van der Waals surface area contributed by atoms with Gasteiger partial charge in [0.15, 0.2) is 0 Å². The minimum atomic E-state index is -0.782. The topological polar surface area (TPSA) is 41.9 Å². The van der Waals surface area contributed by atoms with E-state index in [4.69, 9.17) is 21.1 Å². The van der Waals surface area contributed by atoms with Gasteiger partial charge in [0.25, 0.3) is 0 Å². The van der Waals surface area contributed by atoms with Crippen LogP contribution in [0.2, 0.25) is 5.02 Å². The predicted octanol–water partition coefficient (Wildman–Crippen LogP) is 3.00. The van der Waals surface area contributed by atoms with Gasteiger partial charge in [-0.3, -0.25) is 4.90 Å². The zero-order valence-corrected chi connectivity index (χ0v) is 14.8. The first kappa shape index (κ1) is 18.1. The maximum atomic E-state index is 13.2. The van der Waals surface area contributed by atoms with Crippen molar-refractivity contribution in [2.45, 2.75) is 43.4 Å². The standard InChI is InChI=1S/C18H25ClFNO3/c1-23-13-17(22)6-9-24-18(12-17)4-7-21(8-5-18)11-14-2-3-15(20)10-16(14)19/h2-3,10,22H,4-9,11-13H2,1H3. The second-order valence-corrected chi connectivity index (χ2v) is 7.53. The van der Waals surface area contributed by atoms with E-state index in [0.717, 1.165) is 31.5 Å². The van der Waals surface area contributed by atoms with Crippen molar-refractivity contribution in [3.05, 3.63) is 34.6 Å². The molecule has 2 aliphatic rings. The fourth-order valence-corrected chi connectivity index (χ4v) is 4.15. The summed E-state index contributed by atoms with van der Waals surface area (Å²) in [5, 5.41) is 11.2. The van der Waals surface area contributed by atoms with Crippen LogP contribution in [0.25, 0.3) is 0 Å². The van der Waals surface area contributed by atoms with Crippen molar-refractivity contribution in [1.82, 2.24) is 4.90 Å². The number of aliphatic hydroxyl groups is 1. The van der Waals surface area contributed by atoms with Gasteiger partial charge < -0.3 is 14.6 Å². The third-order valence-electron chi connectivity index (χ3n) is 5.22. The summed E-state index contributed by atoms with van der Waals surface area (Å²) in [6, 6.07) is 4.55. The number of hydrogen-bond donors (Lipinski definition) is 1. The van der Waals surface area contributed by atoms with Crippen LogP contribution in [0.15, 0.2) is 18.2 Å². The number of methoxy groups -OCH3 is 1. The summed E-state index contributed by atoms with van der Waals surface area (Å²) in [6.45, 7) is 3.38. The summed E-state index contributed by atoms with van der Waals surface area (Å²) >= 11 is 6.12. The van der Waals surface area contributed by atoms with E-state index in [2.05, 4.69) is 4.90 Å². The lowest BCUT2D eigenvalue weighted by atomic mass is 9.77. The molecule has 0 aliphatic carbocycles. The second-order valence-electron chi connectivity index (χ2n) is 7.13. The monoisotopic (exact) mass is 357 g/mol. The Bertz CT molecular complexity index is 573. The number of likely N-dealkylation sites (tertiary alicyclic amines) is 1. The van der Waals surface area contributed by atoms with Crippen molar-refractivity contribution < 1.29 is 19.0 Å². The lowest BCUT2D eigenvalue weighted by Crippen LogP contribution is -2.55. The molecule has 4 nitrogen and oxygen atoms in total. The molecule has 24 heavy (non-hydrogen) atoms. The Morgan fingerprint density at radius 2 is 2.08 bits per heavy atom. The predicted molar refractivity (Wildman–Crippen MR) is 90.7 cm³/mol. The fraction of sp³-hybridized carbons (Fsp3) is 0.667. The molecule has 0 bridgehead atoms. The first-order chi connectivity index (χ1) is 11.4. The van der Waals surface area contributed by atoms with Gasteiger partial charge in [-0.15, -0.1) is 0 Å². The molecule has 2 saturated heterocycles. The second kappa shape index (κ2) is 7.26. The van der Waals surface area contributed by atoms with Gasteiger partial charge in [0.05, 0.1) is 24.4 Å². The van der Waals surface area contributed by atoms with E-state index in [1.807, 2.05) is 0 Å². The zero-order chi connectivity index (χ0) is 17.2. The van der Waals surface area contributed by atoms with Crippen molar-refractivity contribution >= 4 is 11.6 Å². The van der Waals surface area contributed by atoms with E-state index in [-0.39, 0.29) is 11.4 Å². The lowest BCUT2D eigenvalue weighted by molar-refractivity contribution is -0.191. The van der Waals surface area contributed by atoms with Gasteiger partial charge in [0.1, 0.15) is 5.82 Å². The van der Waals surface area contributed by atoms with E-state index in [0.29, 0.717) is 37.6 Å². The molecule has 0 saturated carbocycles. The van der Waals surface area contributed by atoms with Gasteiger partial charge in [-0.05, 0) is 30.5 Å². The molecule has 1 unspecified atom stereocenters. The van der Waals surface area contributed by atoms with Crippen molar-refractivity contribution in [3.63, 3.8) is 0 Å². The first-order valence-electron chi connectivity index (χ1n) is 8.45. The Balaban J connectivity index is 1.59. The quantitative estimate of drug-likeness (QED) is 0.899. The highest BCUT2D eigenvalue weighted by Gasteiger charge is 2.46. The summed E-state index contributed by atoms with van der Waals surface area (Å²) in [5.74, 6) is -0.311. The van der Waals surface area contributed by atoms with Crippen molar-refractivity contribution in [1.29, 1.82) is 0 Å². The maximum absolute atomic E-state index is 13.2. The largest absolute Gasteiger partial charge is 0.387 e. The van der Waals surface area contributed by atoms with Crippen LogP contribution < -0.4 is 0 Å². The number of piperidine rings is 1. The number of nitrogens with zero attached hydrogens (tertiary/aromatic N) is 1. The van der Waals surface area contributed by atoms with Crippen LogP contribution in [0.1, 0.15) is 31.2 Å². The van der Waals surface area contributed by atoms with E-state index in [9.17, 15) is 9.50 Å². The van der Waals surface area contributed by atoms with Gasteiger partial charge in [-0.1, -0.05) is 17.7 Å². The summed E-state index contributed by atoms with van der Waals surface area (Å²) < 4.78 is 24.4. The molecule has 6 heteroatoms. The fourth-order valence-electron chi connectivity index (χ4n) is 3.92. The maximum Gasteiger partial charge on any atom is 0.124 e. The molecule has 2 fully saturated rings. The third-order valence-corrected chi connectivity index (χ3v) is 5.57. The summed E-state index contributed by atoms with van der Waals surface area (Å²) in [4.78, 5) is 2.30. The molecular formula is C18H25ClFNO3. The smallest absolute Gasteiger partial charge is 0.124 e. The number of rotatable bonds is 4. The first-order valence-corrected chi connectivity index (χ1v) is 8.83. The molecule has 1 aromatic carbocycles. The zero-order valence-electron chi connectivity index (χ0n) is 14.1. The molecule has 1 aromatic rings. The molecule has 2 heterocycles. The van der Waals surface area contributed by atoms with Crippen LogP contribution in [0.3, 0.4) is 0 Å². The van der Waals surface area contributed by atoms with Crippen molar-refractivity contribution in [2.24, 2.45) is 0 Å². The molecule has 0 amide bonds. The molecular weight excluding hydrogens is 333 g/mol. The van der Waals surface area contributed by atoms with Crippen LogP contribution in [0.4, 0.5) is 4.39 Å². The van der Waals surface area contributed by atoms with Gasteiger partial charge in [-0.25, -0.2) is 4.39 Å². The van der Waals surface area contributed by atoms with Gasteiger partial charge in [0, 0.05) is 44.6 Å². The normalized spacial score (nSPS) is 27.5.